The van der Waals surface area contributed by atoms with Gasteiger partial charge >= 0.3 is 0 Å². The maximum atomic E-state index is 5.80. The molecule has 112 valence electrons. The Labute approximate surface area is 126 Å². The molecule has 0 bridgehead atoms. The van der Waals surface area contributed by atoms with Crippen LogP contribution in [0, 0.1) is 0 Å². The van der Waals surface area contributed by atoms with Gasteiger partial charge < -0.3 is 14.4 Å². The first-order valence-electron chi connectivity index (χ1n) is 7.16. The molecule has 0 aliphatic carbocycles. The van der Waals surface area contributed by atoms with E-state index in [1.807, 2.05) is 57.4 Å². The van der Waals surface area contributed by atoms with Gasteiger partial charge in [0, 0.05) is 18.3 Å². The maximum Gasteiger partial charge on any atom is 0.161 e. The van der Waals surface area contributed by atoms with Crippen LogP contribution in [0.4, 0.5) is 0 Å². The van der Waals surface area contributed by atoms with E-state index in [-0.39, 0.29) is 0 Å². The Kier molecular flexibility index (Phi) is 5.58. The molecule has 1 aromatic heterocycles. The van der Waals surface area contributed by atoms with Gasteiger partial charge in [0.25, 0.3) is 0 Å². The number of nitrogens with zero attached hydrogens (tertiary/aromatic N) is 2. The Balaban J connectivity index is 2.18. The van der Waals surface area contributed by atoms with Gasteiger partial charge in [-0.2, -0.15) is 0 Å². The largest absolute Gasteiger partial charge is 0.490 e. The number of pyridine rings is 1. The summed E-state index contributed by atoms with van der Waals surface area (Å²) in [6.45, 7) is 4.08. The van der Waals surface area contributed by atoms with Gasteiger partial charge in [0.15, 0.2) is 11.5 Å². The monoisotopic (exact) mass is 286 g/mol. The second-order valence-corrected chi connectivity index (χ2v) is 4.96. The number of hydrogen-bond donors (Lipinski definition) is 0. The molecule has 0 aliphatic heterocycles. The van der Waals surface area contributed by atoms with Gasteiger partial charge in [-0.1, -0.05) is 6.07 Å². The normalized spacial score (nSPS) is 10.7. The summed E-state index contributed by atoms with van der Waals surface area (Å²) < 4.78 is 11.5. The van der Waals surface area contributed by atoms with Crippen molar-refractivity contribution in [3.63, 3.8) is 0 Å². The number of aromatic nitrogens is 1. The molecule has 0 N–H and O–H groups in total. The fourth-order valence-corrected chi connectivity index (χ4v) is 1.93. The van der Waals surface area contributed by atoms with Gasteiger partial charge in [0.1, 0.15) is 6.61 Å². The van der Waals surface area contributed by atoms with E-state index in [1.165, 1.54) is 0 Å². The smallest absolute Gasteiger partial charge is 0.161 e. The SMILES string of the molecule is CCOc1cc(-c2ccccn2)ccc1OCCN(C)C. The van der Waals surface area contributed by atoms with E-state index in [0.29, 0.717) is 13.2 Å². The van der Waals surface area contributed by atoms with Crippen LogP contribution in [0.15, 0.2) is 42.6 Å². The summed E-state index contributed by atoms with van der Waals surface area (Å²) in [5.41, 5.74) is 1.96. The molecule has 0 atom stereocenters. The summed E-state index contributed by atoms with van der Waals surface area (Å²) in [7, 11) is 4.05. The average Bonchev–Trinajstić information content (AvgIpc) is 2.49. The fourth-order valence-electron chi connectivity index (χ4n) is 1.93. The average molecular weight is 286 g/mol. The third-order valence-electron chi connectivity index (χ3n) is 3.00. The lowest BCUT2D eigenvalue weighted by Crippen LogP contribution is -2.19. The second-order valence-electron chi connectivity index (χ2n) is 4.96. The summed E-state index contributed by atoms with van der Waals surface area (Å²) in [5.74, 6) is 1.54. The lowest BCUT2D eigenvalue weighted by molar-refractivity contribution is 0.244. The lowest BCUT2D eigenvalue weighted by atomic mass is 10.1. The Morgan fingerprint density at radius 2 is 1.90 bits per heavy atom. The zero-order chi connectivity index (χ0) is 15.1. The van der Waals surface area contributed by atoms with E-state index in [2.05, 4.69) is 9.88 Å². The first-order chi connectivity index (χ1) is 10.2. The molecule has 4 heteroatoms. The molecule has 1 heterocycles. The molecule has 0 saturated carbocycles. The highest BCUT2D eigenvalue weighted by Gasteiger charge is 2.08. The first kappa shape index (κ1) is 15.3. The van der Waals surface area contributed by atoms with Crippen molar-refractivity contribution >= 4 is 0 Å². The Bertz CT molecular complexity index is 556. The molecule has 0 radical (unpaired) electrons. The van der Waals surface area contributed by atoms with E-state index in [9.17, 15) is 0 Å². The standard InChI is InChI=1S/C17H22N2O2/c1-4-20-17-13-14(15-7-5-6-10-18-15)8-9-16(17)21-12-11-19(2)3/h5-10,13H,4,11-12H2,1-3H3. The summed E-state index contributed by atoms with van der Waals surface area (Å²) in [6.07, 6.45) is 1.79. The van der Waals surface area contributed by atoms with Gasteiger partial charge in [-0.15, -0.1) is 0 Å². The van der Waals surface area contributed by atoms with Gasteiger partial charge in [-0.25, -0.2) is 0 Å². The number of benzene rings is 1. The molecule has 0 aliphatic rings. The first-order valence-corrected chi connectivity index (χ1v) is 7.16. The zero-order valence-corrected chi connectivity index (χ0v) is 12.9. The Morgan fingerprint density at radius 3 is 2.57 bits per heavy atom. The molecule has 21 heavy (non-hydrogen) atoms. The number of hydrogen-bond acceptors (Lipinski definition) is 4. The molecular weight excluding hydrogens is 264 g/mol. The Morgan fingerprint density at radius 1 is 1.05 bits per heavy atom. The van der Waals surface area contributed by atoms with Crippen molar-refractivity contribution in [3.8, 4) is 22.8 Å². The molecule has 4 nitrogen and oxygen atoms in total. The highest BCUT2D eigenvalue weighted by Crippen LogP contribution is 2.32. The van der Waals surface area contributed by atoms with Crippen LogP contribution < -0.4 is 9.47 Å². The van der Waals surface area contributed by atoms with Crippen LogP contribution in [0.3, 0.4) is 0 Å². The molecule has 0 saturated heterocycles. The molecule has 0 fully saturated rings. The highest BCUT2D eigenvalue weighted by atomic mass is 16.5. The molecule has 0 amide bonds. The van der Waals surface area contributed by atoms with Crippen LogP contribution >= 0.6 is 0 Å². The van der Waals surface area contributed by atoms with Crippen LogP contribution in [0.2, 0.25) is 0 Å². The molecule has 2 rings (SSSR count). The van der Waals surface area contributed by atoms with Crippen LogP contribution in [0.25, 0.3) is 11.3 Å². The van der Waals surface area contributed by atoms with Crippen molar-refractivity contribution in [2.75, 3.05) is 33.9 Å². The van der Waals surface area contributed by atoms with Crippen LogP contribution in [0.1, 0.15) is 6.92 Å². The minimum Gasteiger partial charge on any atom is -0.490 e. The van der Waals surface area contributed by atoms with Crippen molar-refractivity contribution in [2.45, 2.75) is 6.92 Å². The zero-order valence-electron chi connectivity index (χ0n) is 12.9. The highest BCUT2D eigenvalue weighted by molar-refractivity contribution is 5.63. The van der Waals surface area contributed by atoms with Crippen molar-refractivity contribution in [1.82, 2.24) is 9.88 Å². The quantitative estimate of drug-likeness (QED) is 0.783. The number of likely N-dealkylation sites (N-methyl/N-ethyl adjacent to an activating group) is 1. The summed E-state index contributed by atoms with van der Waals surface area (Å²) in [6, 6.07) is 11.8. The predicted molar refractivity (Wildman–Crippen MR) is 84.9 cm³/mol. The summed E-state index contributed by atoms with van der Waals surface area (Å²) >= 11 is 0. The van der Waals surface area contributed by atoms with E-state index >= 15 is 0 Å². The van der Waals surface area contributed by atoms with E-state index in [4.69, 9.17) is 9.47 Å². The Hall–Kier alpha value is -2.07. The van der Waals surface area contributed by atoms with Crippen molar-refractivity contribution < 1.29 is 9.47 Å². The van der Waals surface area contributed by atoms with E-state index < -0.39 is 0 Å². The molecular formula is C17H22N2O2. The lowest BCUT2D eigenvalue weighted by Gasteiger charge is -2.15. The van der Waals surface area contributed by atoms with Gasteiger partial charge in [0.05, 0.1) is 12.3 Å². The van der Waals surface area contributed by atoms with Gasteiger partial charge in [-0.3, -0.25) is 4.98 Å². The minimum atomic E-state index is 0.607. The molecule has 0 unspecified atom stereocenters. The minimum absolute atomic E-state index is 0.607. The van der Waals surface area contributed by atoms with Gasteiger partial charge in [0.2, 0.25) is 0 Å². The van der Waals surface area contributed by atoms with E-state index in [0.717, 1.165) is 29.3 Å². The second kappa shape index (κ2) is 7.64. The fraction of sp³-hybridized carbons (Fsp3) is 0.353. The predicted octanol–water partition coefficient (Wildman–Crippen LogP) is 3.09. The van der Waals surface area contributed by atoms with Crippen LogP contribution in [-0.2, 0) is 0 Å². The third-order valence-corrected chi connectivity index (χ3v) is 3.00. The van der Waals surface area contributed by atoms with Crippen molar-refractivity contribution in [2.24, 2.45) is 0 Å². The van der Waals surface area contributed by atoms with Crippen molar-refractivity contribution in [1.29, 1.82) is 0 Å². The van der Waals surface area contributed by atoms with E-state index in [1.54, 1.807) is 6.20 Å². The van der Waals surface area contributed by atoms with Crippen molar-refractivity contribution in [3.05, 3.63) is 42.6 Å². The molecule has 0 spiro atoms. The topological polar surface area (TPSA) is 34.6 Å². The maximum absolute atomic E-state index is 5.80. The summed E-state index contributed by atoms with van der Waals surface area (Å²) in [5, 5.41) is 0. The van der Waals surface area contributed by atoms with Crippen LogP contribution in [0.5, 0.6) is 11.5 Å². The van der Waals surface area contributed by atoms with Crippen LogP contribution in [-0.4, -0.2) is 43.7 Å². The molecule has 2 aromatic rings. The van der Waals surface area contributed by atoms with Gasteiger partial charge in [-0.05, 0) is 51.4 Å². The summed E-state index contributed by atoms with van der Waals surface area (Å²) in [4.78, 5) is 6.45. The number of rotatable bonds is 7. The third kappa shape index (κ3) is 4.46. The number of ether oxygens (including phenoxy) is 2. The molecule has 1 aromatic carbocycles.